The molecule has 0 bridgehead atoms. The molecule has 29 heavy (non-hydrogen) atoms. The van der Waals surface area contributed by atoms with Crippen LogP contribution in [-0.2, 0) is 28.2 Å². The average molecular weight is 416 g/mol. The first kappa shape index (κ1) is 21.9. The molecule has 0 radical (unpaired) electrons. The smallest absolute Gasteiger partial charge is 0.395 e. The summed E-state index contributed by atoms with van der Waals surface area (Å²) in [6.45, 7) is 16.8. The lowest BCUT2D eigenvalue weighted by molar-refractivity contribution is 0.289. The van der Waals surface area contributed by atoms with Crippen LogP contribution in [0.25, 0.3) is 0 Å². The summed E-state index contributed by atoms with van der Waals surface area (Å²) < 4.78 is 24.1. The molecule has 0 amide bonds. The van der Waals surface area contributed by atoms with Crippen LogP contribution in [0.5, 0.6) is 11.5 Å². The van der Waals surface area contributed by atoms with E-state index in [1.165, 1.54) is 11.1 Å². The number of phosphoric acid groups is 1. The van der Waals surface area contributed by atoms with Crippen molar-refractivity contribution < 1.29 is 18.5 Å². The second kappa shape index (κ2) is 7.18. The van der Waals surface area contributed by atoms with Gasteiger partial charge >= 0.3 is 7.82 Å². The predicted molar refractivity (Wildman–Crippen MR) is 118 cm³/mol. The molecule has 4 nitrogen and oxygen atoms in total. The molecular weight excluding hydrogens is 383 g/mol. The lowest BCUT2D eigenvalue weighted by Crippen LogP contribution is -2.13. The molecule has 1 N–H and O–H groups in total. The van der Waals surface area contributed by atoms with Crippen molar-refractivity contribution in [2.24, 2.45) is 0 Å². The fourth-order valence-electron chi connectivity index (χ4n) is 3.71. The van der Waals surface area contributed by atoms with Gasteiger partial charge in [0.1, 0.15) is 11.5 Å². The molecule has 0 aromatic heterocycles. The molecule has 0 atom stereocenters. The van der Waals surface area contributed by atoms with Crippen molar-refractivity contribution >= 4 is 7.82 Å². The minimum Gasteiger partial charge on any atom is -0.395 e. The van der Waals surface area contributed by atoms with Crippen LogP contribution >= 0.6 is 7.82 Å². The van der Waals surface area contributed by atoms with E-state index in [4.69, 9.17) is 9.05 Å². The highest BCUT2D eigenvalue weighted by Crippen LogP contribution is 2.50. The Morgan fingerprint density at radius 2 is 1.10 bits per heavy atom. The molecule has 0 saturated heterocycles. The van der Waals surface area contributed by atoms with Gasteiger partial charge < -0.3 is 9.05 Å². The molecule has 1 aliphatic heterocycles. The van der Waals surface area contributed by atoms with Gasteiger partial charge in [-0.2, -0.15) is 0 Å². The molecule has 0 aliphatic carbocycles. The number of phosphoric ester groups is 1. The first-order valence-electron chi connectivity index (χ1n) is 10.2. The van der Waals surface area contributed by atoms with E-state index in [1.807, 2.05) is 26.0 Å². The lowest BCUT2D eigenvalue weighted by Gasteiger charge is -2.24. The Morgan fingerprint density at radius 3 is 1.41 bits per heavy atom. The minimum atomic E-state index is -4.32. The van der Waals surface area contributed by atoms with E-state index in [0.29, 0.717) is 24.3 Å². The normalized spacial score (nSPS) is 16.4. The maximum Gasteiger partial charge on any atom is 0.584 e. The number of benzene rings is 2. The van der Waals surface area contributed by atoms with Crippen LogP contribution in [0.3, 0.4) is 0 Å². The molecule has 5 heteroatoms. The van der Waals surface area contributed by atoms with Crippen LogP contribution in [0.2, 0.25) is 0 Å². The van der Waals surface area contributed by atoms with Gasteiger partial charge in [0.05, 0.1) is 0 Å². The van der Waals surface area contributed by atoms with Crippen LogP contribution in [0, 0.1) is 13.8 Å². The fraction of sp³-hybridized carbons (Fsp3) is 0.500. The summed E-state index contributed by atoms with van der Waals surface area (Å²) in [5, 5.41) is 0. The van der Waals surface area contributed by atoms with E-state index in [1.54, 1.807) is 0 Å². The number of hydrogen-bond acceptors (Lipinski definition) is 3. The fourth-order valence-corrected chi connectivity index (χ4v) is 4.73. The van der Waals surface area contributed by atoms with E-state index in [9.17, 15) is 9.46 Å². The monoisotopic (exact) mass is 416 g/mol. The quantitative estimate of drug-likeness (QED) is 0.495. The summed E-state index contributed by atoms with van der Waals surface area (Å²) in [6.07, 6.45) is 1.42. The molecule has 0 fully saturated rings. The first-order chi connectivity index (χ1) is 13.2. The number of rotatable bonds is 0. The molecule has 0 saturated carbocycles. The van der Waals surface area contributed by atoms with Gasteiger partial charge in [-0.3, -0.25) is 4.89 Å². The molecule has 3 rings (SSSR count). The Morgan fingerprint density at radius 1 is 0.759 bits per heavy atom. The average Bonchev–Trinajstić information content (AvgIpc) is 2.60. The van der Waals surface area contributed by atoms with Crippen LogP contribution in [0.15, 0.2) is 24.3 Å². The van der Waals surface area contributed by atoms with E-state index in [0.717, 1.165) is 22.3 Å². The number of fused-ring (bicyclic) bond motifs is 2. The largest absolute Gasteiger partial charge is 0.584 e. The molecule has 1 aliphatic rings. The highest BCUT2D eigenvalue weighted by atomic mass is 31.2. The second-order valence-electron chi connectivity index (χ2n) is 10.2. The zero-order chi connectivity index (χ0) is 21.8. The number of hydrogen-bond donors (Lipinski definition) is 1. The zero-order valence-corrected chi connectivity index (χ0v) is 19.7. The molecule has 0 unspecified atom stereocenters. The van der Waals surface area contributed by atoms with Crippen molar-refractivity contribution in [3.05, 3.63) is 57.6 Å². The summed E-state index contributed by atoms with van der Waals surface area (Å²) in [4.78, 5) is 10.5. The van der Waals surface area contributed by atoms with Crippen molar-refractivity contribution in [2.75, 3.05) is 0 Å². The Kier molecular flexibility index (Phi) is 5.43. The van der Waals surface area contributed by atoms with Crippen LogP contribution in [0.1, 0.15) is 74.9 Å². The second-order valence-corrected chi connectivity index (χ2v) is 11.5. The van der Waals surface area contributed by atoms with Gasteiger partial charge in [-0.1, -0.05) is 65.8 Å². The summed E-state index contributed by atoms with van der Waals surface area (Å²) in [6, 6.07) is 8.28. The minimum absolute atomic E-state index is 0.0223. The van der Waals surface area contributed by atoms with Gasteiger partial charge in [0.15, 0.2) is 0 Å². The lowest BCUT2D eigenvalue weighted by atomic mass is 9.83. The Hall–Kier alpha value is -1.77. The van der Waals surface area contributed by atoms with E-state index >= 15 is 0 Å². The van der Waals surface area contributed by atoms with Gasteiger partial charge in [0.2, 0.25) is 0 Å². The van der Waals surface area contributed by atoms with E-state index in [2.05, 4.69) is 53.7 Å². The molecule has 2 aromatic carbocycles. The van der Waals surface area contributed by atoms with Crippen LogP contribution in [-0.4, -0.2) is 4.89 Å². The molecular formula is C24H33O4P. The van der Waals surface area contributed by atoms with Gasteiger partial charge in [-0.05, 0) is 70.9 Å². The summed E-state index contributed by atoms with van der Waals surface area (Å²) in [7, 11) is -4.32. The highest BCUT2D eigenvalue weighted by Gasteiger charge is 2.32. The van der Waals surface area contributed by atoms with Crippen LogP contribution in [0.4, 0.5) is 0 Å². The third kappa shape index (κ3) is 4.70. The first-order valence-corrected chi connectivity index (χ1v) is 11.7. The predicted octanol–water partition coefficient (Wildman–Crippen LogP) is 6.56. The van der Waals surface area contributed by atoms with E-state index in [-0.39, 0.29) is 10.8 Å². The molecule has 1 heterocycles. The van der Waals surface area contributed by atoms with Gasteiger partial charge in [0, 0.05) is 0 Å². The van der Waals surface area contributed by atoms with Gasteiger partial charge in [0.25, 0.3) is 0 Å². The standard InChI is InChI=1S/C24H33O4P/c1-15-11-19(23(3,4)5)13-17-9-10-18-14-20(24(6,7)8)12-16(2)22(18)28-29(25,26)27-21(15)17/h11-14H,9-10H2,1-8H3,(H,25,26). The third-order valence-electron chi connectivity index (χ3n) is 5.51. The number of aryl methyl sites for hydroxylation is 4. The van der Waals surface area contributed by atoms with Crippen molar-refractivity contribution in [3.63, 3.8) is 0 Å². The van der Waals surface area contributed by atoms with Crippen LogP contribution < -0.4 is 9.05 Å². The zero-order valence-electron chi connectivity index (χ0n) is 18.8. The SMILES string of the molecule is Cc1cc(C(C)(C)C)cc2c1OP(=O)(O)Oc1c(C)cc(C(C)(C)C)cc1CC2. The highest BCUT2D eigenvalue weighted by molar-refractivity contribution is 7.48. The summed E-state index contributed by atoms with van der Waals surface area (Å²) >= 11 is 0. The summed E-state index contributed by atoms with van der Waals surface area (Å²) in [5.74, 6) is 0.927. The van der Waals surface area contributed by atoms with Crippen molar-refractivity contribution in [1.82, 2.24) is 0 Å². The Labute approximate surface area is 174 Å². The van der Waals surface area contributed by atoms with Gasteiger partial charge in [-0.25, -0.2) is 4.57 Å². The van der Waals surface area contributed by atoms with Crippen molar-refractivity contribution in [3.8, 4) is 11.5 Å². The van der Waals surface area contributed by atoms with Crippen molar-refractivity contribution in [2.45, 2.75) is 79.1 Å². The Bertz CT molecular complexity index is 916. The van der Waals surface area contributed by atoms with Gasteiger partial charge in [-0.15, -0.1) is 0 Å². The van der Waals surface area contributed by atoms with Crippen molar-refractivity contribution in [1.29, 1.82) is 0 Å². The topological polar surface area (TPSA) is 55.8 Å². The third-order valence-corrected chi connectivity index (χ3v) is 6.34. The molecule has 0 spiro atoms. The molecule has 2 aromatic rings. The summed E-state index contributed by atoms with van der Waals surface area (Å²) in [5.41, 5.74) is 5.91. The molecule has 158 valence electrons. The maximum atomic E-state index is 12.9. The maximum absolute atomic E-state index is 12.9. The van der Waals surface area contributed by atoms with E-state index < -0.39 is 7.82 Å². The Balaban J connectivity index is 2.17.